The predicted octanol–water partition coefficient (Wildman–Crippen LogP) is 12.1. The second-order valence-electron chi connectivity index (χ2n) is 15.1. The Hall–Kier alpha value is -2.04. The van der Waals surface area contributed by atoms with Gasteiger partial charge in [-0.15, -0.1) is 0 Å². The summed E-state index contributed by atoms with van der Waals surface area (Å²) in [4.78, 5) is 0. The van der Waals surface area contributed by atoms with E-state index in [0.717, 1.165) is 42.6 Å². The summed E-state index contributed by atoms with van der Waals surface area (Å²) in [5.74, 6) is 4.69. The van der Waals surface area contributed by atoms with E-state index in [9.17, 15) is 0 Å². The second kappa shape index (κ2) is 18.3. The summed E-state index contributed by atoms with van der Waals surface area (Å²) in [6, 6.07) is 16.9. The smallest absolute Gasteiger partial charge is 0.197 e. The summed E-state index contributed by atoms with van der Waals surface area (Å²) in [6.45, 7) is 22.4. The minimum atomic E-state index is -0.185. The van der Waals surface area contributed by atoms with E-state index in [4.69, 9.17) is 18.9 Å². The van der Waals surface area contributed by atoms with Gasteiger partial charge in [0.05, 0.1) is 12.2 Å². The molecule has 2 fully saturated rings. The van der Waals surface area contributed by atoms with E-state index in [1.54, 1.807) is 0 Å². The fourth-order valence-corrected chi connectivity index (χ4v) is 6.63. The molecule has 0 aliphatic heterocycles. The highest BCUT2D eigenvalue weighted by atomic mass is 16.7. The molecule has 2 aliphatic rings. The molecule has 254 valence electrons. The largest absolute Gasteiger partial charge is 0.465 e. The van der Waals surface area contributed by atoms with Crippen molar-refractivity contribution in [1.29, 1.82) is 0 Å². The lowest BCUT2D eigenvalue weighted by Gasteiger charge is -2.37. The van der Waals surface area contributed by atoms with Gasteiger partial charge in [0.25, 0.3) is 0 Å². The summed E-state index contributed by atoms with van der Waals surface area (Å²) >= 11 is 0. The topological polar surface area (TPSA) is 36.9 Å². The van der Waals surface area contributed by atoms with Crippen molar-refractivity contribution in [3.8, 4) is 11.5 Å². The Labute approximate surface area is 277 Å². The van der Waals surface area contributed by atoms with E-state index in [1.165, 1.54) is 56.1 Å². The quantitative estimate of drug-likeness (QED) is 0.221. The molecule has 0 amide bonds. The van der Waals surface area contributed by atoms with E-state index in [0.29, 0.717) is 29.5 Å². The van der Waals surface area contributed by atoms with Crippen LogP contribution in [-0.4, -0.2) is 24.8 Å². The maximum atomic E-state index is 6.13. The number of hydrogen-bond donors (Lipinski definition) is 0. The first-order valence-electron chi connectivity index (χ1n) is 18.2. The van der Waals surface area contributed by atoms with Crippen LogP contribution in [0.25, 0.3) is 0 Å². The molecule has 4 nitrogen and oxygen atoms in total. The zero-order valence-electron chi connectivity index (χ0n) is 30.4. The van der Waals surface area contributed by atoms with Crippen LogP contribution in [0.2, 0.25) is 0 Å². The fourth-order valence-electron chi connectivity index (χ4n) is 6.63. The number of benzene rings is 2. The number of rotatable bonds is 12. The van der Waals surface area contributed by atoms with Crippen molar-refractivity contribution in [1.82, 2.24) is 0 Å². The molecule has 0 radical (unpaired) electrons. The normalized spacial score (nSPS) is 24.8. The van der Waals surface area contributed by atoms with Crippen molar-refractivity contribution in [2.24, 2.45) is 17.3 Å². The molecular formula is C41H66O4. The standard InChI is InChI=1S/C22H36O2.C19H30O2/c1-7-16(2)18-8-12-20(13-9-18)23-17(3)24-21-14-10-19(11-15-21)22(4,5)6;1-5-15(3)17-8-12-19(13-9-17)21-16(4)20-18-10-6-14(2)7-11-18/h8-9,12-13,16-17,19,21H,7,10-11,14-15H2,1-6H3;8-9,12-16,18H,5-7,10-11H2,1-4H3. The second-order valence-corrected chi connectivity index (χ2v) is 15.1. The van der Waals surface area contributed by atoms with Crippen LogP contribution in [0.15, 0.2) is 48.5 Å². The summed E-state index contributed by atoms with van der Waals surface area (Å²) in [5.41, 5.74) is 3.17. The molecule has 2 aliphatic carbocycles. The van der Waals surface area contributed by atoms with Crippen molar-refractivity contribution >= 4 is 0 Å². The highest BCUT2D eigenvalue weighted by molar-refractivity contribution is 5.30. The Bertz CT molecular complexity index is 1060. The molecule has 4 atom stereocenters. The van der Waals surface area contributed by atoms with Crippen LogP contribution in [0.3, 0.4) is 0 Å². The first-order valence-corrected chi connectivity index (χ1v) is 18.2. The molecule has 2 aromatic carbocycles. The minimum Gasteiger partial charge on any atom is -0.465 e. The first-order chi connectivity index (χ1) is 21.4. The van der Waals surface area contributed by atoms with Gasteiger partial charge in [0.2, 0.25) is 0 Å². The zero-order valence-corrected chi connectivity index (χ0v) is 30.4. The van der Waals surface area contributed by atoms with Crippen molar-refractivity contribution < 1.29 is 18.9 Å². The Morgan fingerprint density at radius 2 is 0.933 bits per heavy atom. The predicted molar refractivity (Wildman–Crippen MR) is 189 cm³/mol. The molecule has 2 saturated carbocycles. The molecule has 4 heteroatoms. The van der Waals surface area contributed by atoms with Crippen LogP contribution in [0.1, 0.15) is 156 Å². The van der Waals surface area contributed by atoms with E-state index < -0.39 is 0 Å². The molecular weight excluding hydrogens is 556 g/mol. The average Bonchev–Trinajstić information content (AvgIpc) is 3.02. The monoisotopic (exact) mass is 622 g/mol. The van der Waals surface area contributed by atoms with Crippen LogP contribution in [0, 0.1) is 17.3 Å². The van der Waals surface area contributed by atoms with Crippen molar-refractivity contribution in [2.45, 2.75) is 170 Å². The lowest BCUT2D eigenvalue weighted by Crippen LogP contribution is -2.32. The zero-order chi connectivity index (χ0) is 33.0. The van der Waals surface area contributed by atoms with Crippen molar-refractivity contribution in [3.63, 3.8) is 0 Å². The summed E-state index contributed by atoms with van der Waals surface area (Å²) in [6.07, 6.45) is 12.4. The number of hydrogen-bond acceptors (Lipinski definition) is 4. The molecule has 0 spiro atoms. The lowest BCUT2D eigenvalue weighted by atomic mass is 9.72. The summed E-state index contributed by atoms with van der Waals surface area (Å²) < 4.78 is 24.0. The highest BCUT2D eigenvalue weighted by Crippen LogP contribution is 2.39. The molecule has 0 bridgehead atoms. The van der Waals surface area contributed by atoms with E-state index in [-0.39, 0.29) is 12.6 Å². The van der Waals surface area contributed by atoms with E-state index in [2.05, 4.69) is 104 Å². The van der Waals surface area contributed by atoms with Gasteiger partial charge >= 0.3 is 0 Å². The van der Waals surface area contributed by atoms with Crippen LogP contribution in [0.4, 0.5) is 0 Å². The van der Waals surface area contributed by atoms with Gasteiger partial charge in [0, 0.05) is 0 Å². The number of ether oxygens (including phenoxy) is 4. The molecule has 0 heterocycles. The fraction of sp³-hybridized carbons (Fsp3) is 0.707. The molecule has 4 unspecified atom stereocenters. The van der Waals surface area contributed by atoms with Crippen LogP contribution < -0.4 is 9.47 Å². The third kappa shape index (κ3) is 12.9. The first kappa shape index (κ1) is 37.4. The molecule has 0 aromatic heterocycles. The lowest BCUT2D eigenvalue weighted by molar-refractivity contribution is -0.123. The summed E-state index contributed by atoms with van der Waals surface area (Å²) in [7, 11) is 0. The van der Waals surface area contributed by atoms with Crippen molar-refractivity contribution in [2.75, 3.05) is 0 Å². The van der Waals surface area contributed by atoms with Gasteiger partial charge in [-0.3, -0.25) is 0 Å². The van der Waals surface area contributed by atoms with Crippen LogP contribution in [-0.2, 0) is 9.47 Å². The highest BCUT2D eigenvalue weighted by Gasteiger charge is 2.30. The molecule has 2 aromatic rings. The van der Waals surface area contributed by atoms with Gasteiger partial charge in [-0.25, -0.2) is 0 Å². The van der Waals surface area contributed by atoms with Gasteiger partial charge in [0.15, 0.2) is 12.6 Å². The van der Waals surface area contributed by atoms with Gasteiger partial charge in [-0.05, 0) is 143 Å². The molecule has 45 heavy (non-hydrogen) atoms. The SMILES string of the molecule is CCC(C)c1ccc(OC(C)OC2CCC(C(C)(C)C)CC2)cc1.CCC(C)c1ccc(OC(C)OC2CCC(C)CC2)cc1. The van der Waals surface area contributed by atoms with Gasteiger partial charge in [0.1, 0.15) is 11.5 Å². The maximum Gasteiger partial charge on any atom is 0.197 e. The Balaban J connectivity index is 0.000000248. The third-order valence-electron chi connectivity index (χ3n) is 10.4. The Morgan fingerprint density at radius 1 is 0.578 bits per heavy atom. The van der Waals surface area contributed by atoms with E-state index in [1.807, 2.05) is 13.8 Å². The average molecular weight is 623 g/mol. The molecule has 4 rings (SSSR count). The Morgan fingerprint density at radius 3 is 1.27 bits per heavy atom. The van der Waals surface area contributed by atoms with Gasteiger partial charge in [-0.1, -0.05) is 79.7 Å². The Kier molecular flexibility index (Phi) is 15.2. The van der Waals surface area contributed by atoms with Gasteiger partial charge in [-0.2, -0.15) is 0 Å². The van der Waals surface area contributed by atoms with Crippen molar-refractivity contribution in [3.05, 3.63) is 59.7 Å². The molecule has 0 N–H and O–H groups in total. The van der Waals surface area contributed by atoms with Gasteiger partial charge < -0.3 is 18.9 Å². The molecule has 0 saturated heterocycles. The third-order valence-corrected chi connectivity index (χ3v) is 10.4. The maximum absolute atomic E-state index is 6.13. The summed E-state index contributed by atoms with van der Waals surface area (Å²) in [5, 5.41) is 0. The van der Waals surface area contributed by atoms with E-state index >= 15 is 0 Å². The van der Waals surface area contributed by atoms with Crippen LogP contribution in [0.5, 0.6) is 11.5 Å². The minimum absolute atomic E-state index is 0.169. The van der Waals surface area contributed by atoms with Crippen LogP contribution >= 0.6 is 0 Å².